The average Bonchev–Trinajstić information content (AvgIpc) is 3.80. The molecule has 0 aliphatic carbocycles. The van der Waals surface area contributed by atoms with Crippen LogP contribution in [0.1, 0.15) is 0 Å². The zero-order valence-electron chi connectivity index (χ0n) is 25.4. The summed E-state index contributed by atoms with van der Waals surface area (Å²) >= 11 is 0. The summed E-state index contributed by atoms with van der Waals surface area (Å²) in [5.74, 6) is 2.51. The number of nitrogens with zero attached hydrogens (tertiary/aromatic N) is 6. The molecule has 9 rings (SSSR count). The lowest BCUT2D eigenvalue weighted by atomic mass is 10.1. The van der Waals surface area contributed by atoms with Crippen LogP contribution < -0.4 is 0 Å². The predicted octanol–water partition coefficient (Wildman–Crippen LogP) is 9.55. The highest BCUT2D eigenvalue weighted by Gasteiger charge is 2.17. The zero-order valence-corrected chi connectivity index (χ0v) is 25.4. The van der Waals surface area contributed by atoms with Gasteiger partial charge in [-0.2, -0.15) is 0 Å². The van der Waals surface area contributed by atoms with Crippen molar-refractivity contribution in [2.75, 3.05) is 0 Å². The van der Waals surface area contributed by atoms with Crippen molar-refractivity contribution in [2.24, 2.45) is 0 Å². The van der Waals surface area contributed by atoms with Crippen molar-refractivity contribution in [3.05, 3.63) is 146 Å². The van der Waals surface area contributed by atoms with Crippen LogP contribution >= 0.6 is 0 Å². The monoisotopic (exact) mass is 620 g/mol. The summed E-state index contributed by atoms with van der Waals surface area (Å²) in [6.45, 7) is 0. The molecule has 48 heavy (non-hydrogen) atoms. The molecule has 4 heterocycles. The summed E-state index contributed by atoms with van der Waals surface area (Å²) < 4.78 is 12.3. The van der Waals surface area contributed by atoms with Gasteiger partial charge in [0, 0.05) is 27.8 Å². The van der Waals surface area contributed by atoms with E-state index in [1.165, 1.54) is 0 Å². The molecule has 0 spiro atoms. The standard InChI is InChI=1S/C40H24N6O2/c1-4-11-25(12-5-1)30-17-10-18-32(41-30)38-45-36(28-20-22-34-33(23-28)43-40(47-34)27-15-8-3-9-16-27)44-37(46-38)29-19-21-31-35(24-29)48-39(42-31)26-13-6-2-7-14-26/h1-24H. The summed E-state index contributed by atoms with van der Waals surface area (Å²) in [5.41, 5.74) is 8.56. The van der Waals surface area contributed by atoms with Gasteiger partial charge in [0.15, 0.2) is 28.6 Å². The first kappa shape index (κ1) is 27.5. The Hall–Kier alpha value is -6.80. The molecule has 8 nitrogen and oxygen atoms in total. The first-order chi connectivity index (χ1) is 23.7. The van der Waals surface area contributed by atoms with Crippen LogP contribution in [0.4, 0.5) is 0 Å². The smallest absolute Gasteiger partial charge is 0.227 e. The molecule has 0 unspecified atom stereocenters. The Morgan fingerprint density at radius 2 is 0.854 bits per heavy atom. The minimum atomic E-state index is 0.445. The van der Waals surface area contributed by atoms with Crippen molar-refractivity contribution in [3.8, 4) is 68.5 Å². The molecular weight excluding hydrogens is 596 g/mol. The number of fused-ring (bicyclic) bond motifs is 2. The zero-order chi connectivity index (χ0) is 31.9. The topological polar surface area (TPSA) is 104 Å². The number of pyridine rings is 1. The molecule has 0 saturated heterocycles. The van der Waals surface area contributed by atoms with Crippen molar-refractivity contribution in [3.63, 3.8) is 0 Å². The lowest BCUT2D eigenvalue weighted by Crippen LogP contribution is -2.01. The molecule has 0 aliphatic heterocycles. The van der Waals surface area contributed by atoms with Crippen molar-refractivity contribution in [1.29, 1.82) is 0 Å². The van der Waals surface area contributed by atoms with Gasteiger partial charge in [-0.25, -0.2) is 29.9 Å². The van der Waals surface area contributed by atoms with E-state index >= 15 is 0 Å². The number of aromatic nitrogens is 6. The normalized spacial score (nSPS) is 11.3. The second-order valence-electron chi connectivity index (χ2n) is 11.2. The van der Waals surface area contributed by atoms with Crippen LogP contribution in [0.5, 0.6) is 0 Å². The molecule has 0 N–H and O–H groups in total. The van der Waals surface area contributed by atoms with E-state index in [9.17, 15) is 0 Å². The number of rotatable bonds is 6. The molecule has 0 atom stereocenters. The number of hydrogen-bond acceptors (Lipinski definition) is 8. The van der Waals surface area contributed by atoms with Crippen LogP contribution in [0.2, 0.25) is 0 Å². The van der Waals surface area contributed by atoms with Gasteiger partial charge in [0.2, 0.25) is 11.8 Å². The fraction of sp³-hybridized carbons (Fsp3) is 0. The highest BCUT2D eigenvalue weighted by atomic mass is 16.4. The van der Waals surface area contributed by atoms with Crippen molar-refractivity contribution in [2.45, 2.75) is 0 Å². The summed E-state index contributed by atoms with van der Waals surface area (Å²) in [6.07, 6.45) is 0. The highest BCUT2D eigenvalue weighted by Crippen LogP contribution is 2.32. The van der Waals surface area contributed by atoms with Crippen LogP contribution in [-0.4, -0.2) is 29.9 Å². The van der Waals surface area contributed by atoms with Gasteiger partial charge in [-0.05, 0) is 72.8 Å². The molecule has 4 aromatic heterocycles. The van der Waals surface area contributed by atoms with E-state index in [0.29, 0.717) is 51.6 Å². The van der Waals surface area contributed by atoms with E-state index in [0.717, 1.165) is 39.0 Å². The van der Waals surface area contributed by atoms with E-state index in [1.54, 1.807) is 0 Å². The number of hydrogen-bond donors (Lipinski definition) is 0. The molecule has 9 aromatic rings. The Morgan fingerprint density at radius 3 is 1.54 bits per heavy atom. The third-order valence-corrected chi connectivity index (χ3v) is 8.02. The lowest BCUT2D eigenvalue weighted by Gasteiger charge is -2.09. The predicted molar refractivity (Wildman–Crippen MR) is 185 cm³/mol. The van der Waals surface area contributed by atoms with Crippen LogP contribution in [0.15, 0.2) is 154 Å². The Balaban J connectivity index is 1.18. The van der Waals surface area contributed by atoms with Crippen LogP contribution in [-0.2, 0) is 0 Å². The third-order valence-electron chi connectivity index (χ3n) is 8.02. The number of benzene rings is 5. The quantitative estimate of drug-likeness (QED) is 0.181. The SMILES string of the molecule is c1ccc(-c2cccc(-c3nc(-c4ccc5oc(-c6ccccc6)nc5c4)nc(-c4ccc5nc(-c6ccccc6)oc5c4)n3)n2)cc1. The van der Waals surface area contributed by atoms with Gasteiger partial charge < -0.3 is 8.83 Å². The van der Waals surface area contributed by atoms with E-state index in [-0.39, 0.29) is 0 Å². The van der Waals surface area contributed by atoms with Crippen LogP contribution in [0.25, 0.3) is 90.7 Å². The van der Waals surface area contributed by atoms with Crippen molar-refractivity contribution >= 4 is 22.2 Å². The number of oxazole rings is 2. The van der Waals surface area contributed by atoms with Gasteiger partial charge in [0.25, 0.3) is 0 Å². The molecule has 0 amide bonds. The van der Waals surface area contributed by atoms with Crippen molar-refractivity contribution < 1.29 is 8.83 Å². The Kier molecular flexibility index (Phi) is 6.61. The summed E-state index contributed by atoms with van der Waals surface area (Å²) in [6, 6.07) is 47.1. The molecule has 0 fully saturated rings. The Bertz CT molecular complexity index is 2430. The molecular formula is C40H24N6O2. The van der Waals surface area contributed by atoms with Crippen LogP contribution in [0.3, 0.4) is 0 Å². The molecule has 0 aliphatic rings. The fourth-order valence-corrected chi connectivity index (χ4v) is 5.62. The van der Waals surface area contributed by atoms with Gasteiger partial charge in [-0.1, -0.05) is 72.8 Å². The second kappa shape index (κ2) is 11.5. The Labute approximate surface area is 274 Å². The van der Waals surface area contributed by atoms with Gasteiger partial charge >= 0.3 is 0 Å². The first-order valence-corrected chi connectivity index (χ1v) is 15.5. The van der Waals surface area contributed by atoms with E-state index < -0.39 is 0 Å². The van der Waals surface area contributed by atoms with Gasteiger partial charge in [0.05, 0.1) is 5.69 Å². The third kappa shape index (κ3) is 5.17. The Morgan fingerprint density at radius 1 is 0.312 bits per heavy atom. The van der Waals surface area contributed by atoms with Crippen molar-refractivity contribution in [1.82, 2.24) is 29.9 Å². The van der Waals surface area contributed by atoms with E-state index in [4.69, 9.17) is 38.7 Å². The summed E-state index contributed by atoms with van der Waals surface area (Å²) in [5, 5.41) is 0. The molecule has 0 bridgehead atoms. The largest absolute Gasteiger partial charge is 0.436 e. The maximum absolute atomic E-state index is 6.18. The highest BCUT2D eigenvalue weighted by molar-refractivity contribution is 5.83. The fourth-order valence-electron chi connectivity index (χ4n) is 5.62. The minimum Gasteiger partial charge on any atom is -0.436 e. The van der Waals surface area contributed by atoms with Crippen LogP contribution in [0, 0.1) is 0 Å². The molecule has 0 saturated carbocycles. The first-order valence-electron chi connectivity index (χ1n) is 15.5. The molecule has 5 aromatic carbocycles. The maximum Gasteiger partial charge on any atom is 0.227 e. The van der Waals surface area contributed by atoms with Gasteiger partial charge in [0.1, 0.15) is 16.7 Å². The minimum absolute atomic E-state index is 0.445. The summed E-state index contributed by atoms with van der Waals surface area (Å²) in [7, 11) is 0. The molecule has 8 heteroatoms. The summed E-state index contributed by atoms with van der Waals surface area (Å²) in [4.78, 5) is 29.2. The molecule has 226 valence electrons. The molecule has 0 radical (unpaired) electrons. The lowest BCUT2D eigenvalue weighted by molar-refractivity contribution is 0.619. The van der Waals surface area contributed by atoms with Gasteiger partial charge in [-0.3, -0.25) is 0 Å². The average molecular weight is 621 g/mol. The van der Waals surface area contributed by atoms with E-state index in [1.807, 2.05) is 146 Å². The maximum atomic E-state index is 6.18. The second-order valence-corrected chi connectivity index (χ2v) is 11.2. The van der Waals surface area contributed by atoms with Gasteiger partial charge in [-0.15, -0.1) is 0 Å². The van der Waals surface area contributed by atoms with E-state index in [2.05, 4.69) is 0 Å².